The summed E-state index contributed by atoms with van der Waals surface area (Å²) in [5.74, 6) is -0.736. The summed E-state index contributed by atoms with van der Waals surface area (Å²) in [4.78, 5) is 30.5. The van der Waals surface area contributed by atoms with E-state index in [1.165, 1.54) is 22.6 Å². The van der Waals surface area contributed by atoms with Gasteiger partial charge in [-0.25, -0.2) is 9.50 Å². The maximum Gasteiger partial charge on any atom is 0.229 e. The molecule has 10 nitrogen and oxygen atoms in total. The molecule has 4 heterocycles. The Morgan fingerprint density at radius 1 is 1.41 bits per heavy atom. The minimum absolute atomic E-state index is 0.131. The van der Waals surface area contributed by atoms with Crippen molar-refractivity contribution in [2.75, 3.05) is 18.6 Å². The molecule has 1 aliphatic rings. The number of fused-ring (bicyclic) bond motifs is 1. The average Bonchev–Trinajstić information content (AvgIpc) is 3.39. The molecule has 0 aliphatic carbocycles. The SMILES string of the molecule is COCc1nnc(N2CC(C(=O)NCc3cccc4ncnn34)CC2=O)s1. The topological polar surface area (TPSA) is 115 Å². The first-order chi connectivity index (χ1) is 13.2. The van der Waals surface area contributed by atoms with E-state index in [0.717, 1.165) is 5.69 Å². The number of hydrogen-bond acceptors (Lipinski definition) is 8. The fraction of sp³-hybridized carbons (Fsp3) is 0.375. The standard InChI is InChI=1S/C16H17N7O3S/c1-26-8-13-20-21-16(27-13)22-7-10(5-14(22)24)15(25)17-6-11-3-2-4-12-18-9-19-23(11)12/h2-4,9-10H,5-8H2,1H3,(H,17,25). The molecule has 1 N–H and O–H groups in total. The molecular formula is C16H17N7O3S. The molecule has 1 aliphatic heterocycles. The van der Waals surface area contributed by atoms with Gasteiger partial charge in [-0.1, -0.05) is 17.4 Å². The largest absolute Gasteiger partial charge is 0.377 e. The van der Waals surface area contributed by atoms with Gasteiger partial charge in [0, 0.05) is 20.1 Å². The molecule has 1 saturated heterocycles. The summed E-state index contributed by atoms with van der Waals surface area (Å²) < 4.78 is 6.69. The first-order valence-electron chi connectivity index (χ1n) is 8.32. The minimum Gasteiger partial charge on any atom is -0.377 e. The van der Waals surface area contributed by atoms with E-state index in [-0.39, 0.29) is 18.2 Å². The second-order valence-electron chi connectivity index (χ2n) is 6.08. The lowest BCUT2D eigenvalue weighted by Crippen LogP contribution is -2.33. The number of ether oxygens (including phenoxy) is 1. The molecule has 1 atom stereocenters. The van der Waals surface area contributed by atoms with Crippen molar-refractivity contribution in [2.45, 2.75) is 19.6 Å². The fourth-order valence-electron chi connectivity index (χ4n) is 2.96. The van der Waals surface area contributed by atoms with Gasteiger partial charge < -0.3 is 10.1 Å². The number of pyridine rings is 1. The summed E-state index contributed by atoms with van der Waals surface area (Å²) in [6, 6.07) is 5.57. The Balaban J connectivity index is 1.39. The van der Waals surface area contributed by atoms with E-state index in [1.54, 1.807) is 11.6 Å². The molecule has 1 fully saturated rings. The normalized spacial score (nSPS) is 17.0. The predicted octanol–water partition coefficient (Wildman–Crippen LogP) is 0.396. The van der Waals surface area contributed by atoms with Crippen molar-refractivity contribution < 1.29 is 14.3 Å². The maximum absolute atomic E-state index is 12.5. The van der Waals surface area contributed by atoms with Crippen molar-refractivity contribution in [3.05, 3.63) is 35.2 Å². The maximum atomic E-state index is 12.5. The highest BCUT2D eigenvalue weighted by atomic mass is 32.1. The molecule has 3 aromatic rings. The summed E-state index contributed by atoms with van der Waals surface area (Å²) in [6.45, 7) is 0.943. The van der Waals surface area contributed by atoms with E-state index in [1.807, 2.05) is 18.2 Å². The number of nitrogens with zero attached hydrogens (tertiary/aromatic N) is 6. The Bertz CT molecular complexity index is 985. The summed E-state index contributed by atoms with van der Waals surface area (Å²) in [5.41, 5.74) is 1.53. The molecule has 0 aromatic carbocycles. The van der Waals surface area contributed by atoms with E-state index < -0.39 is 5.92 Å². The van der Waals surface area contributed by atoms with Crippen LogP contribution in [0.4, 0.5) is 5.13 Å². The van der Waals surface area contributed by atoms with Crippen molar-refractivity contribution in [1.82, 2.24) is 30.1 Å². The van der Waals surface area contributed by atoms with Gasteiger partial charge in [0.2, 0.25) is 16.9 Å². The van der Waals surface area contributed by atoms with E-state index in [0.29, 0.717) is 35.5 Å². The van der Waals surface area contributed by atoms with E-state index in [9.17, 15) is 9.59 Å². The van der Waals surface area contributed by atoms with Gasteiger partial charge in [0.1, 0.15) is 17.9 Å². The van der Waals surface area contributed by atoms with Crippen LogP contribution < -0.4 is 10.2 Å². The molecule has 140 valence electrons. The fourth-order valence-corrected chi connectivity index (χ4v) is 3.80. The van der Waals surface area contributed by atoms with Crippen LogP contribution >= 0.6 is 11.3 Å². The van der Waals surface area contributed by atoms with Crippen LogP contribution in [0.25, 0.3) is 5.65 Å². The second-order valence-corrected chi connectivity index (χ2v) is 7.12. The van der Waals surface area contributed by atoms with Gasteiger partial charge in [-0.3, -0.25) is 14.5 Å². The minimum atomic E-state index is -0.428. The van der Waals surface area contributed by atoms with Crippen LogP contribution in [0.5, 0.6) is 0 Å². The van der Waals surface area contributed by atoms with Crippen LogP contribution in [-0.4, -0.2) is 50.3 Å². The number of hydrogen-bond donors (Lipinski definition) is 1. The van der Waals surface area contributed by atoms with Crippen LogP contribution in [0, 0.1) is 5.92 Å². The summed E-state index contributed by atoms with van der Waals surface area (Å²) in [7, 11) is 1.57. The molecular weight excluding hydrogens is 370 g/mol. The highest BCUT2D eigenvalue weighted by Gasteiger charge is 2.36. The number of amides is 2. The zero-order valence-electron chi connectivity index (χ0n) is 14.5. The number of anilines is 1. The molecule has 0 radical (unpaired) electrons. The van der Waals surface area contributed by atoms with Gasteiger partial charge in [0.05, 0.1) is 18.2 Å². The van der Waals surface area contributed by atoms with Crippen LogP contribution in [0.2, 0.25) is 0 Å². The van der Waals surface area contributed by atoms with Crippen molar-refractivity contribution in [2.24, 2.45) is 5.92 Å². The number of carbonyl (C=O) groups excluding carboxylic acids is 2. The van der Waals surface area contributed by atoms with Crippen LogP contribution in [0.1, 0.15) is 17.1 Å². The predicted molar refractivity (Wildman–Crippen MR) is 95.9 cm³/mol. The lowest BCUT2D eigenvalue weighted by molar-refractivity contribution is -0.126. The van der Waals surface area contributed by atoms with Gasteiger partial charge >= 0.3 is 0 Å². The Labute approximate surface area is 158 Å². The summed E-state index contributed by atoms with van der Waals surface area (Å²) >= 11 is 1.29. The molecule has 1 unspecified atom stereocenters. The molecule has 4 rings (SSSR count). The number of carbonyl (C=O) groups is 2. The lowest BCUT2D eigenvalue weighted by atomic mass is 10.1. The Hall–Kier alpha value is -2.92. The lowest BCUT2D eigenvalue weighted by Gasteiger charge is -2.13. The summed E-state index contributed by atoms with van der Waals surface area (Å²) in [5, 5.41) is 16.2. The van der Waals surface area contributed by atoms with Gasteiger partial charge in [0.25, 0.3) is 0 Å². The molecule has 3 aromatic heterocycles. The highest BCUT2D eigenvalue weighted by molar-refractivity contribution is 7.15. The van der Waals surface area contributed by atoms with Gasteiger partial charge in [-0.05, 0) is 12.1 Å². The molecule has 11 heteroatoms. The van der Waals surface area contributed by atoms with E-state index >= 15 is 0 Å². The van der Waals surface area contributed by atoms with Gasteiger partial charge in [-0.15, -0.1) is 10.2 Å². The van der Waals surface area contributed by atoms with E-state index in [2.05, 4.69) is 25.6 Å². The monoisotopic (exact) mass is 387 g/mol. The second kappa shape index (κ2) is 7.37. The first-order valence-corrected chi connectivity index (χ1v) is 9.14. The average molecular weight is 387 g/mol. The highest BCUT2D eigenvalue weighted by Crippen LogP contribution is 2.28. The van der Waals surface area contributed by atoms with Crippen molar-refractivity contribution in [3.63, 3.8) is 0 Å². The zero-order valence-corrected chi connectivity index (χ0v) is 15.3. The van der Waals surface area contributed by atoms with Crippen LogP contribution in [0.15, 0.2) is 24.5 Å². The molecule has 0 bridgehead atoms. The zero-order chi connectivity index (χ0) is 18.8. The number of rotatable bonds is 6. The van der Waals surface area contributed by atoms with Crippen molar-refractivity contribution >= 4 is 33.9 Å². The van der Waals surface area contributed by atoms with Crippen LogP contribution in [-0.2, 0) is 27.5 Å². The third kappa shape index (κ3) is 3.51. The number of nitrogens with one attached hydrogen (secondary N) is 1. The van der Waals surface area contributed by atoms with E-state index in [4.69, 9.17) is 4.74 Å². The third-order valence-corrected chi connectivity index (χ3v) is 5.19. The van der Waals surface area contributed by atoms with Gasteiger partial charge in [-0.2, -0.15) is 5.10 Å². The van der Waals surface area contributed by atoms with Crippen LogP contribution in [0.3, 0.4) is 0 Å². The first kappa shape index (κ1) is 17.5. The van der Waals surface area contributed by atoms with Crippen molar-refractivity contribution in [1.29, 1.82) is 0 Å². The Morgan fingerprint density at radius 3 is 3.15 bits per heavy atom. The quantitative estimate of drug-likeness (QED) is 0.651. The molecule has 0 saturated carbocycles. The molecule has 27 heavy (non-hydrogen) atoms. The smallest absolute Gasteiger partial charge is 0.229 e. The van der Waals surface area contributed by atoms with Crippen molar-refractivity contribution in [3.8, 4) is 0 Å². The van der Waals surface area contributed by atoms with Gasteiger partial charge in [0.15, 0.2) is 5.65 Å². The third-order valence-electron chi connectivity index (χ3n) is 4.27. The number of methoxy groups -OCH3 is 1. The number of aromatic nitrogens is 5. The Kier molecular flexibility index (Phi) is 4.77. The molecule has 0 spiro atoms. The summed E-state index contributed by atoms with van der Waals surface area (Å²) in [6.07, 6.45) is 1.62. The molecule has 2 amide bonds. The Morgan fingerprint density at radius 2 is 2.30 bits per heavy atom.